The van der Waals surface area contributed by atoms with Gasteiger partial charge in [-0.25, -0.2) is 15.0 Å². The molecule has 0 saturated carbocycles. The zero-order chi connectivity index (χ0) is 16.8. The molecule has 0 radical (unpaired) electrons. The van der Waals surface area contributed by atoms with E-state index in [-0.39, 0.29) is 0 Å². The molecule has 0 fully saturated rings. The predicted octanol–water partition coefficient (Wildman–Crippen LogP) is 4.27. The zero-order valence-electron chi connectivity index (χ0n) is 13.7. The molecule has 4 rings (SSSR count). The third-order valence-electron chi connectivity index (χ3n) is 4.24. The fourth-order valence-electron chi connectivity index (χ4n) is 2.84. The molecule has 2 N–H and O–H groups in total. The predicted molar refractivity (Wildman–Crippen MR) is 101 cm³/mol. The second-order valence-corrected chi connectivity index (χ2v) is 7.59. The number of thiazole rings is 1. The lowest BCUT2D eigenvalue weighted by molar-refractivity contribution is 0.865. The standard InChI is InChI=1S/C17H17N5S2/c1-4-13-15(18)14-10(12-8-20-9(2)22(12)3)7-11(21-17(14)24-13)16-19-5-6-23-16/h5-8H,4,18H2,1-3H3. The first-order chi connectivity index (χ1) is 11.6. The molecule has 0 spiro atoms. The first-order valence-corrected chi connectivity index (χ1v) is 9.40. The molecule has 5 nitrogen and oxygen atoms in total. The summed E-state index contributed by atoms with van der Waals surface area (Å²) in [5, 5.41) is 3.91. The fourth-order valence-corrected chi connectivity index (χ4v) is 4.50. The van der Waals surface area contributed by atoms with E-state index < -0.39 is 0 Å². The molecule has 0 aliphatic carbocycles. The number of nitrogens with two attached hydrogens (primary N) is 1. The van der Waals surface area contributed by atoms with Gasteiger partial charge >= 0.3 is 0 Å². The van der Waals surface area contributed by atoms with Crippen molar-refractivity contribution in [1.29, 1.82) is 0 Å². The van der Waals surface area contributed by atoms with Crippen LogP contribution in [0, 0.1) is 6.92 Å². The lowest BCUT2D eigenvalue weighted by atomic mass is 10.1. The third kappa shape index (κ3) is 2.23. The second kappa shape index (κ2) is 5.68. The van der Waals surface area contributed by atoms with Gasteiger partial charge in [0.2, 0.25) is 0 Å². The first kappa shape index (κ1) is 15.3. The van der Waals surface area contributed by atoms with Crippen molar-refractivity contribution in [3.8, 4) is 22.0 Å². The Balaban J connectivity index is 2.08. The van der Waals surface area contributed by atoms with Gasteiger partial charge in [0.1, 0.15) is 21.4 Å². The van der Waals surface area contributed by atoms with Gasteiger partial charge in [0.05, 0.1) is 17.6 Å². The SMILES string of the molecule is CCc1sc2nc(-c3nccs3)cc(-c3cnc(C)n3C)c2c1N. The van der Waals surface area contributed by atoms with Crippen molar-refractivity contribution in [2.45, 2.75) is 20.3 Å². The van der Waals surface area contributed by atoms with Crippen molar-refractivity contribution < 1.29 is 0 Å². The number of nitrogen functional groups attached to an aromatic ring is 1. The Labute approximate surface area is 147 Å². The Hall–Kier alpha value is -2.25. The molecular formula is C17H17N5S2. The van der Waals surface area contributed by atoms with Gasteiger partial charge in [-0.3, -0.25) is 0 Å². The zero-order valence-corrected chi connectivity index (χ0v) is 15.3. The van der Waals surface area contributed by atoms with Crippen molar-refractivity contribution in [1.82, 2.24) is 19.5 Å². The molecule has 0 atom stereocenters. The molecule has 4 heterocycles. The minimum atomic E-state index is 0.838. The molecule has 0 saturated heterocycles. The first-order valence-electron chi connectivity index (χ1n) is 7.70. The van der Waals surface area contributed by atoms with E-state index in [9.17, 15) is 0 Å². The van der Waals surface area contributed by atoms with Gasteiger partial charge in [-0.15, -0.1) is 22.7 Å². The summed E-state index contributed by atoms with van der Waals surface area (Å²) in [6, 6.07) is 2.08. The second-order valence-electron chi connectivity index (χ2n) is 5.61. The Bertz CT molecular complexity index is 1030. The van der Waals surface area contributed by atoms with Gasteiger partial charge < -0.3 is 10.3 Å². The maximum atomic E-state index is 6.44. The van der Waals surface area contributed by atoms with Gasteiger partial charge in [0.15, 0.2) is 0 Å². The van der Waals surface area contributed by atoms with E-state index in [1.165, 1.54) is 4.88 Å². The quantitative estimate of drug-likeness (QED) is 0.596. The Kier molecular flexibility index (Phi) is 3.62. The Morgan fingerprint density at radius 3 is 2.75 bits per heavy atom. The molecule has 7 heteroatoms. The normalized spacial score (nSPS) is 11.5. The third-order valence-corrected chi connectivity index (χ3v) is 6.28. The van der Waals surface area contributed by atoms with Crippen LogP contribution in [0.15, 0.2) is 23.8 Å². The molecule has 0 unspecified atom stereocenters. The number of aryl methyl sites for hydroxylation is 2. The van der Waals surface area contributed by atoms with Crippen LogP contribution in [0.25, 0.3) is 32.2 Å². The molecular weight excluding hydrogens is 338 g/mol. The summed E-state index contributed by atoms with van der Waals surface area (Å²) in [4.78, 5) is 15.8. The van der Waals surface area contributed by atoms with Crippen molar-refractivity contribution in [2.75, 3.05) is 5.73 Å². The van der Waals surface area contributed by atoms with Crippen LogP contribution in [-0.2, 0) is 13.5 Å². The fraction of sp³-hybridized carbons (Fsp3) is 0.235. The number of thiophene rings is 1. The average molecular weight is 355 g/mol. The minimum absolute atomic E-state index is 0.838. The number of nitrogens with zero attached hydrogens (tertiary/aromatic N) is 4. The number of pyridine rings is 1. The molecule has 0 aliphatic rings. The van der Waals surface area contributed by atoms with Crippen LogP contribution in [0.5, 0.6) is 0 Å². The highest BCUT2D eigenvalue weighted by atomic mass is 32.1. The highest BCUT2D eigenvalue weighted by Crippen LogP contribution is 2.41. The molecule has 4 aromatic rings. The minimum Gasteiger partial charge on any atom is -0.397 e. The summed E-state index contributed by atoms with van der Waals surface area (Å²) < 4.78 is 2.09. The van der Waals surface area contributed by atoms with Gasteiger partial charge in [0, 0.05) is 34.5 Å². The van der Waals surface area contributed by atoms with Crippen molar-refractivity contribution in [3.05, 3.63) is 34.5 Å². The van der Waals surface area contributed by atoms with E-state index in [2.05, 4.69) is 27.5 Å². The largest absolute Gasteiger partial charge is 0.397 e. The van der Waals surface area contributed by atoms with Crippen LogP contribution in [0.4, 0.5) is 5.69 Å². The van der Waals surface area contributed by atoms with Crippen LogP contribution >= 0.6 is 22.7 Å². The molecule has 24 heavy (non-hydrogen) atoms. The lowest BCUT2D eigenvalue weighted by Gasteiger charge is -2.08. The lowest BCUT2D eigenvalue weighted by Crippen LogP contribution is -1.97. The monoisotopic (exact) mass is 355 g/mol. The van der Waals surface area contributed by atoms with Crippen LogP contribution in [0.2, 0.25) is 0 Å². The van der Waals surface area contributed by atoms with Crippen LogP contribution < -0.4 is 5.73 Å². The van der Waals surface area contributed by atoms with E-state index in [0.717, 1.165) is 50.1 Å². The van der Waals surface area contributed by atoms with Crippen LogP contribution in [0.1, 0.15) is 17.6 Å². The van der Waals surface area contributed by atoms with Gasteiger partial charge in [0.25, 0.3) is 0 Å². The number of anilines is 1. The number of hydrogen-bond donors (Lipinski definition) is 1. The summed E-state index contributed by atoms with van der Waals surface area (Å²) in [5.41, 5.74) is 10.3. The number of imidazole rings is 1. The van der Waals surface area contributed by atoms with E-state index in [4.69, 9.17) is 10.7 Å². The van der Waals surface area contributed by atoms with E-state index in [1.807, 2.05) is 25.5 Å². The van der Waals surface area contributed by atoms with E-state index >= 15 is 0 Å². The summed E-state index contributed by atoms with van der Waals surface area (Å²) in [5.74, 6) is 0.968. The van der Waals surface area contributed by atoms with Gasteiger partial charge in [-0.1, -0.05) is 6.92 Å². The van der Waals surface area contributed by atoms with Crippen LogP contribution in [0.3, 0.4) is 0 Å². The smallest absolute Gasteiger partial charge is 0.141 e. The summed E-state index contributed by atoms with van der Waals surface area (Å²) in [6.07, 6.45) is 4.61. The number of fused-ring (bicyclic) bond motifs is 1. The summed E-state index contributed by atoms with van der Waals surface area (Å²) in [7, 11) is 2.02. The van der Waals surface area contributed by atoms with Crippen molar-refractivity contribution >= 4 is 38.6 Å². The summed E-state index contributed by atoms with van der Waals surface area (Å²) >= 11 is 3.26. The van der Waals surface area contributed by atoms with E-state index in [0.29, 0.717) is 0 Å². The molecule has 0 bridgehead atoms. The Morgan fingerprint density at radius 1 is 1.29 bits per heavy atom. The summed E-state index contributed by atoms with van der Waals surface area (Å²) in [6.45, 7) is 4.12. The maximum Gasteiger partial charge on any atom is 0.141 e. The highest BCUT2D eigenvalue weighted by molar-refractivity contribution is 7.19. The average Bonchev–Trinajstić information content (AvgIpc) is 3.29. The molecule has 122 valence electrons. The van der Waals surface area contributed by atoms with E-state index in [1.54, 1.807) is 28.9 Å². The molecule has 0 aromatic carbocycles. The maximum absolute atomic E-state index is 6.44. The number of rotatable bonds is 3. The van der Waals surface area contributed by atoms with Gasteiger partial charge in [-0.2, -0.15) is 0 Å². The highest BCUT2D eigenvalue weighted by Gasteiger charge is 2.19. The van der Waals surface area contributed by atoms with Gasteiger partial charge in [-0.05, 0) is 19.4 Å². The van der Waals surface area contributed by atoms with Crippen molar-refractivity contribution in [3.63, 3.8) is 0 Å². The Morgan fingerprint density at radius 2 is 2.12 bits per heavy atom. The van der Waals surface area contributed by atoms with Crippen molar-refractivity contribution in [2.24, 2.45) is 7.05 Å². The number of hydrogen-bond acceptors (Lipinski definition) is 6. The molecule has 0 aliphatic heterocycles. The molecule has 0 amide bonds. The van der Waals surface area contributed by atoms with Crippen LogP contribution in [-0.4, -0.2) is 19.5 Å². The topological polar surface area (TPSA) is 69.6 Å². The molecule has 4 aromatic heterocycles. The number of aromatic nitrogens is 4.